The van der Waals surface area contributed by atoms with Crippen LogP contribution in [0, 0.1) is 12.8 Å². The van der Waals surface area contributed by atoms with Gasteiger partial charge in [0.15, 0.2) is 0 Å². The zero-order valence-electron chi connectivity index (χ0n) is 13.1. The first-order valence-corrected chi connectivity index (χ1v) is 7.69. The van der Waals surface area contributed by atoms with Crippen LogP contribution >= 0.6 is 0 Å². The van der Waals surface area contributed by atoms with E-state index in [0.29, 0.717) is 12.0 Å². The number of nitrogens with two attached hydrogens (primary N) is 1. The lowest BCUT2D eigenvalue weighted by atomic mass is 9.92. The van der Waals surface area contributed by atoms with Crippen LogP contribution in [-0.2, 0) is 6.42 Å². The number of rotatable bonds is 4. The maximum atomic E-state index is 5.62. The van der Waals surface area contributed by atoms with E-state index < -0.39 is 0 Å². The van der Waals surface area contributed by atoms with E-state index in [1.54, 1.807) is 0 Å². The first kappa shape index (κ1) is 15.0. The Balaban J connectivity index is 2.40. The number of piperidine rings is 1. The van der Waals surface area contributed by atoms with Crippen molar-refractivity contribution in [3.8, 4) is 0 Å². The summed E-state index contributed by atoms with van der Waals surface area (Å²) in [5.41, 5.74) is 3.77. The molecule has 0 radical (unpaired) electrons. The van der Waals surface area contributed by atoms with Crippen molar-refractivity contribution in [1.82, 2.24) is 9.97 Å². The highest BCUT2D eigenvalue weighted by atomic mass is 15.3. The molecule has 2 unspecified atom stereocenters. The molecule has 1 aromatic heterocycles. The first-order valence-electron chi connectivity index (χ1n) is 7.69. The first-order chi connectivity index (χ1) is 9.58. The van der Waals surface area contributed by atoms with Crippen molar-refractivity contribution in [3.05, 3.63) is 11.4 Å². The van der Waals surface area contributed by atoms with Crippen LogP contribution in [0.5, 0.6) is 0 Å². The van der Waals surface area contributed by atoms with Crippen LogP contribution in [0.1, 0.15) is 51.4 Å². The van der Waals surface area contributed by atoms with Gasteiger partial charge in [-0.1, -0.05) is 13.8 Å². The van der Waals surface area contributed by atoms with E-state index >= 15 is 0 Å². The van der Waals surface area contributed by atoms with Gasteiger partial charge in [-0.25, -0.2) is 15.8 Å². The molecular weight excluding hydrogens is 250 g/mol. The summed E-state index contributed by atoms with van der Waals surface area (Å²) >= 11 is 0. The maximum absolute atomic E-state index is 5.62. The van der Waals surface area contributed by atoms with Crippen molar-refractivity contribution in [2.75, 3.05) is 16.9 Å². The van der Waals surface area contributed by atoms with Crippen LogP contribution in [0.4, 0.5) is 11.6 Å². The molecule has 0 saturated carbocycles. The predicted octanol–water partition coefficient (Wildman–Crippen LogP) is 2.65. The summed E-state index contributed by atoms with van der Waals surface area (Å²) < 4.78 is 0. The zero-order chi connectivity index (χ0) is 14.7. The van der Waals surface area contributed by atoms with Gasteiger partial charge in [-0.05, 0) is 39.0 Å². The third-order valence-electron chi connectivity index (χ3n) is 4.42. The van der Waals surface area contributed by atoms with E-state index in [9.17, 15) is 0 Å². The van der Waals surface area contributed by atoms with Crippen LogP contribution in [0.2, 0.25) is 0 Å². The van der Waals surface area contributed by atoms with Crippen LogP contribution in [0.25, 0.3) is 0 Å². The van der Waals surface area contributed by atoms with Crippen LogP contribution in [0.3, 0.4) is 0 Å². The number of aryl methyl sites for hydroxylation is 1. The minimum absolute atomic E-state index is 0.512. The molecule has 0 aromatic carbocycles. The molecule has 5 nitrogen and oxygen atoms in total. The average molecular weight is 277 g/mol. The van der Waals surface area contributed by atoms with Gasteiger partial charge < -0.3 is 10.3 Å². The minimum Gasteiger partial charge on any atom is -0.353 e. The van der Waals surface area contributed by atoms with Crippen molar-refractivity contribution in [1.29, 1.82) is 0 Å². The molecule has 20 heavy (non-hydrogen) atoms. The van der Waals surface area contributed by atoms with Gasteiger partial charge in [-0.15, -0.1) is 0 Å². The topological polar surface area (TPSA) is 67.1 Å². The summed E-state index contributed by atoms with van der Waals surface area (Å²) in [5, 5.41) is 0. The molecule has 2 heterocycles. The Morgan fingerprint density at radius 3 is 2.75 bits per heavy atom. The highest BCUT2D eigenvalue weighted by molar-refractivity contribution is 5.59. The lowest BCUT2D eigenvalue weighted by Gasteiger charge is -2.39. The van der Waals surface area contributed by atoms with Gasteiger partial charge >= 0.3 is 0 Å². The Labute approximate surface area is 121 Å². The van der Waals surface area contributed by atoms with E-state index in [1.165, 1.54) is 12.8 Å². The lowest BCUT2D eigenvalue weighted by molar-refractivity contribution is 0.361. The average Bonchev–Trinajstić information content (AvgIpc) is 2.44. The smallest absolute Gasteiger partial charge is 0.148 e. The minimum atomic E-state index is 0.512. The summed E-state index contributed by atoms with van der Waals surface area (Å²) in [4.78, 5) is 11.7. The number of hydrogen-bond acceptors (Lipinski definition) is 5. The molecule has 2 atom stereocenters. The third kappa shape index (κ3) is 2.87. The molecule has 3 N–H and O–H groups in total. The standard InChI is InChI=1S/C15H27N5/c1-5-7-13-17-14(19-16)11(3)15(18-13)20-9-6-8-10(2)12(20)4/h10,12H,5-9,16H2,1-4H3,(H,17,18,19). The molecule has 1 aliphatic heterocycles. The van der Waals surface area contributed by atoms with Crippen LogP contribution in [-0.4, -0.2) is 22.6 Å². The van der Waals surface area contributed by atoms with Gasteiger partial charge in [0.25, 0.3) is 0 Å². The fourth-order valence-corrected chi connectivity index (χ4v) is 2.94. The molecule has 0 bridgehead atoms. The quantitative estimate of drug-likeness (QED) is 0.654. The van der Waals surface area contributed by atoms with Crippen molar-refractivity contribution in [2.45, 2.75) is 59.4 Å². The molecule has 1 saturated heterocycles. The fourth-order valence-electron chi connectivity index (χ4n) is 2.94. The number of nitrogens with zero attached hydrogens (tertiary/aromatic N) is 3. The van der Waals surface area contributed by atoms with Gasteiger partial charge in [0.2, 0.25) is 0 Å². The number of nitrogen functional groups attached to an aromatic ring is 1. The van der Waals surface area contributed by atoms with Gasteiger partial charge in [-0.3, -0.25) is 0 Å². The number of nitrogens with one attached hydrogen (secondary N) is 1. The molecule has 1 aromatic rings. The number of hydrazine groups is 1. The highest BCUT2D eigenvalue weighted by Gasteiger charge is 2.27. The van der Waals surface area contributed by atoms with E-state index in [0.717, 1.165) is 42.4 Å². The predicted molar refractivity (Wildman–Crippen MR) is 83.8 cm³/mol. The second kappa shape index (κ2) is 6.39. The molecule has 0 amide bonds. The van der Waals surface area contributed by atoms with Gasteiger partial charge in [0.1, 0.15) is 17.5 Å². The molecule has 5 heteroatoms. The zero-order valence-corrected chi connectivity index (χ0v) is 13.1. The largest absolute Gasteiger partial charge is 0.353 e. The summed E-state index contributed by atoms with van der Waals surface area (Å²) in [5.74, 6) is 9.00. The Hall–Kier alpha value is -1.36. The van der Waals surface area contributed by atoms with Crippen LogP contribution < -0.4 is 16.2 Å². The second-order valence-corrected chi connectivity index (χ2v) is 5.88. The summed E-state index contributed by atoms with van der Waals surface area (Å²) in [7, 11) is 0. The third-order valence-corrected chi connectivity index (χ3v) is 4.42. The monoisotopic (exact) mass is 277 g/mol. The van der Waals surface area contributed by atoms with Crippen molar-refractivity contribution in [3.63, 3.8) is 0 Å². The Morgan fingerprint density at radius 1 is 1.35 bits per heavy atom. The van der Waals surface area contributed by atoms with E-state index in [2.05, 4.69) is 36.1 Å². The Bertz CT molecular complexity index is 460. The molecule has 1 fully saturated rings. The maximum Gasteiger partial charge on any atom is 0.148 e. The SMILES string of the molecule is CCCc1nc(NN)c(C)c(N2CCCC(C)C2C)n1. The summed E-state index contributed by atoms with van der Waals surface area (Å²) in [6, 6.07) is 0.512. The van der Waals surface area contributed by atoms with Gasteiger partial charge in [-0.2, -0.15) is 0 Å². The van der Waals surface area contributed by atoms with Crippen molar-refractivity contribution in [2.24, 2.45) is 11.8 Å². The van der Waals surface area contributed by atoms with Crippen molar-refractivity contribution < 1.29 is 0 Å². The molecule has 1 aliphatic rings. The Kier molecular flexibility index (Phi) is 4.81. The summed E-state index contributed by atoms with van der Waals surface area (Å²) in [6.45, 7) is 9.87. The molecule has 0 aliphatic carbocycles. The Morgan fingerprint density at radius 2 is 2.10 bits per heavy atom. The number of hydrogen-bond donors (Lipinski definition) is 2. The summed E-state index contributed by atoms with van der Waals surface area (Å²) in [6.07, 6.45) is 4.45. The van der Waals surface area contributed by atoms with Gasteiger partial charge in [0, 0.05) is 24.6 Å². The van der Waals surface area contributed by atoms with Gasteiger partial charge in [0.05, 0.1) is 0 Å². The molecule has 0 spiro atoms. The molecule has 2 rings (SSSR count). The van der Waals surface area contributed by atoms with E-state index in [4.69, 9.17) is 10.8 Å². The molecular formula is C15H27N5. The van der Waals surface area contributed by atoms with Crippen molar-refractivity contribution >= 4 is 11.6 Å². The normalized spacial score (nSPS) is 22.9. The van der Waals surface area contributed by atoms with Crippen LogP contribution in [0.15, 0.2) is 0 Å². The molecule has 112 valence electrons. The second-order valence-electron chi connectivity index (χ2n) is 5.88. The number of aromatic nitrogens is 2. The fraction of sp³-hybridized carbons (Fsp3) is 0.733. The number of anilines is 2. The highest BCUT2D eigenvalue weighted by Crippen LogP contribution is 2.31. The van der Waals surface area contributed by atoms with E-state index in [1.807, 2.05) is 6.92 Å². The lowest BCUT2D eigenvalue weighted by Crippen LogP contribution is -2.43. The van der Waals surface area contributed by atoms with E-state index in [-0.39, 0.29) is 0 Å².